The van der Waals surface area contributed by atoms with Crippen LogP contribution in [0.2, 0.25) is 0 Å². The molecule has 2 aromatic rings. The maximum absolute atomic E-state index is 13.5. The van der Waals surface area contributed by atoms with Gasteiger partial charge in [0.25, 0.3) is 0 Å². The Balaban J connectivity index is 2.00. The van der Waals surface area contributed by atoms with E-state index in [1.807, 2.05) is 0 Å². The largest absolute Gasteiger partial charge is 0.412 e. The highest BCUT2D eigenvalue weighted by atomic mass is 19.4. The monoisotopic (exact) mass is 281 g/mol. The summed E-state index contributed by atoms with van der Waals surface area (Å²) in [5.74, 6) is 0.754. The van der Waals surface area contributed by atoms with E-state index in [4.69, 9.17) is 5.73 Å². The molecule has 0 atom stereocenters. The van der Waals surface area contributed by atoms with Gasteiger partial charge in [-0.2, -0.15) is 13.2 Å². The van der Waals surface area contributed by atoms with Crippen molar-refractivity contribution in [2.45, 2.75) is 43.3 Å². The van der Waals surface area contributed by atoms with Gasteiger partial charge in [-0.15, -0.1) is 0 Å². The fourth-order valence-electron chi connectivity index (χ4n) is 2.93. The molecule has 0 spiro atoms. The number of hydrogen-bond acceptors (Lipinski definition) is 2. The Bertz CT molecular complexity index is 693. The van der Waals surface area contributed by atoms with Crippen molar-refractivity contribution in [3.8, 4) is 0 Å². The van der Waals surface area contributed by atoms with Crippen LogP contribution in [0.1, 0.15) is 37.4 Å². The summed E-state index contributed by atoms with van der Waals surface area (Å²) in [7, 11) is 0. The van der Waals surface area contributed by atoms with Crippen LogP contribution < -0.4 is 5.73 Å². The van der Waals surface area contributed by atoms with Crippen LogP contribution >= 0.6 is 0 Å². The Hall–Kier alpha value is -1.72. The molecule has 1 aromatic carbocycles. The predicted octanol–water partition coefficient (Wildman–Crippen LogP) is 3.55. The quantitative estimate of drug-likeness (QED) is 0.855. The van der Waals surface area contributed by atoms with Gasteiger partial charge in [0.05, 0.1) is 11.0 Å². The minimum Gasteiger partial charge on any atom is -0.399 e. The maximum atomic E-state index is 13.5. The van der Waals surface area contributed by atoms with Crippen molar-refractivity contribution in [3.05, 3.63) is 24.0 Å². The van der Waals surface area contributed by atoms with E-state index in [0.29, 0.717) is 22.5 Å². The Morgan fingerprint density at radius 1 is 1.25 bits per heavy atom. The van der Waals surface area contributed by atoms with E-state index in [2.05, 4.69) is 4.98 Å². The highest BCUT2D eigenvalue weighted by Gasteiger charge is 2.66. The summed E-state index contributed by atoms with van der Waals surface area (Å²) in [6, 6.07) is 4.96. The summed E-state index contributed by atoms with van der Waals surface area (Å²) in [4.78, 5) is 4.44. The normalized spacial score (nSPS) is 21.4. The summed E-state index contributed by atoms with van der Waals surface area (Å²) >= 11 is 0. The zero-order valence-electron chi connectivity index (χ0n) is 10.7. The first-order valence-electron chi connectivity index (χ1n) is 6.77. The molecule has 2 N–H and O–H groups in total. The number of nitrogens with two attached hydrogens (primary N) is 1. The first-order chi connectivity index (χ1) is 9.42. The van der Waals surface area contributed by atoms with Gasteiger partial charge in [0, 0.05) is 11.6 Å². The average Bonchev–Trinajstić information content (AvgIpc) is 3.24. The Kier molecular flexibility index (Phi) is 2.10. The highest BCUT2D eigenvalue weighted by molar-refractivity contribution is 5.80. The lowest BCUT2D eigenvalue weighted by Gasteiger charge is -2.24. The number of alkyl halides is 3. The standard InChI is InChI=1S/C14H14F3N3/c15-14(16,17)13(5-6-13)20-11-4-3-9(18)7-10(11)19-12(20)8-1-2-8/h3-4,7-8H,1-2,5-6,18H2. The molecule has 0 bridgehead atoms. The van der Waals surface area contributed by atoms with E-state index >= 15 is 0 Å². The molecule has 2 aliphatic carbocycles. The third-order valence-corrected chi connectivity index (χ3v) is 4.33. The van der Waals surface area contributed by atoms with Crippen LogP contribution in [0, 0.1) is 0 Å². The van der Waals surface area contributed by atoms with Crippen molar-refractivity contribution in [2.75, 3.05) is 5.73 Å². The molecule has 2 saturated carbocycles. The van der Waals surface area contributed by atoms with Crippen LogP contribution in [0.4, 0.5) is 18.9 Å². The van der Waals surface area contributed by atoms with Crippen molar-refractivity contribution < 1.29 is 13.2 Å². The topological polar surface area (TPSA) is 43.8 Å². The molecule has 3 nitrogen and oxygen atoms in total. The molecule has 1 aromatic heterocycles. The van der Waals surface area contributed by atoms with Crippen molar-refractivity contribution in [1.29, 1.82) is 0 Å². The number of aromatic nitrogens is 2. The summed E-state index contributed by atoms with van der Waals surface area (Å²) in [5.41, 5.74) is 5.63. The van der Waals surface area contributed by atoms with E-state index in [-0.39, 0.29) is 18.8 Å². The van der Waals surface area contributed by atoms with E-state index < -0.39 is 11.7 Å². The smallest absolute Gasteiger partial charge is 0.399 e. The third-order valence-electron chi connectivity index (χ3n) is 4.33. The first kappa shape index (κ1) is 12.1. The molecule has 1 heterocycles. The molecule has 4 rings (SSSR count). The van der Waals surface area contributed by atoms with Gasteiger partial charge in [0.2, 0.25) is 0 Å². The van der Waals surface area contributed by atoms with Gasteiger partial charge in [0.15, 0.2) is 0 Å². The lowest BCUT2D eigenvalue weighted by Crippen LogP contribution is -2.35. The molecule has 0 saturated heterocycles. The fourth-order valence-corrected chi connectivity index (χ4v) is 2.93. The van der Waals surface area contributed by atoms with Gasteiger partial charge >= 0.3 is 6.18 Å². The van der Waals surface area contributed by atoms with Crippen LogP contribution in [0.15, 0.2) is 18.2 Å². The number of rotatable bonds is 2. The summed E-state index contributed by atoms with van der Waals surface area (Å²) in [5, 5.41) is 0. The van der Waals surface area contributed by atoms with Gasteiger partial charge in [-0.1, -0.05) is 0 Å². The first-order valence-corrected chi connectivity index (χ1v) is 6.77. The molecule has 0 amide bonds. The zero-order valence-corrected chi connectivity index (χ0v) is 10.7. The highest BCUT2D eigenvalue weighted by Crippen LogP contribution is 2.58. The minimum atomic E-state index is -4.23. The lowest BCUT2D eigenvalue weighted by molar-refractivity contribution is -0.179. The molecule has 0 unspecified atom stereocenters. The van der Waals surface area contributed by atoms with Crippen LogP contribution in [0.25, 0.3) is 11.0 Å². The van der Waals surface area contributed by atoms with E-state index in [1.54, 1.807) is 18.2 Å². The van der Waals surface area contributed by atoms with E-state index in [1.165, 1.54) is 4.57 Å². The Morgan fingerprint density at radius 2 is 1.95 bits per heavy atom. The molecule has 106 valence electrons. The van der Waals surface area contributed by atoms with Crippen molar-refractivity contribution >= 4 is 16.7 Å². The molecular formula is C14H14F3N3. The molecular weight excluding hydrogens is 267 g/mol. The van der Waals surface area contributed by atoms with Gasteiger partial charge < -0.3 is 10.3 Å². The van der Waals surface area contributed by atoms with Crippen molar-refractivity contribution in [3.63, 3.8) is 0 Å². The lowest BCUT2D eigenvalue weighted by atomic mass is 10.2. The molecule has 2 aliphatic rings. The van der Waals surface area contributed by atoms with Gasteiger partial charge in [-0.3, -0.25) is 0 Å². The van der Waals surface area contributed by atoms with Crippen LogP contribution in [-0.2, 0) is 5.54 Å². The Morgan fingerprint density at radius 3 is 2.50 bits per heavy atom. The summed E-state index contributed by atoms with van der Waals surface area (Å²) < 4.78 is 41.8. The number of anilines is 1. The molecule has 0 aliphatic heterocycles. The van der Waals surface area contributed by atoms with E-state index in [0.717, 1.165) is 12.8 Å². The molecule has 6 heteroatoms. The van der Waals surface area contributed by atoms with Gasteiger partial charge in [-0.05, 0) is 43.9 Å². The molecule has 20 heavy (non-hydrogen) atoms. The van der Waals surface area contributed by atoms with Crippen LogP contribution in [0.3, 0.4) is 0 Å². The van der Waals surface area contributed by atoms with E-state index in [9.17, 15) is 13.2 Å². The number of imidazole rings is 1. The number of halogens is 3. The second-order valence-electron chi connectivity index (χ2n) is 5.86. The summed E-state index contributed by atoms with van der Waals surface area (Å²) in [6.45, 7) is 0. The summed E-state index contributed by atoms with van der Waals surface area (Å²) in [6.07, 6.45) is -2.09. The number of hydrogen-bond donors (Lipinski definition) is 1. The Labute approximate surface area is 113 Å². The van der Waals surface area contributed by atoms with Crippen LogP contribution in [-0.4, -0.2) is 15.7 Å². The number of nitrogen functional groups attached to an aromatic ring is 1. The number of benzene rings is 1. The van der Waals surface area contributed by atoms with Gasteiger partial charge in [0.1, 0.15) is 11.4 Å². The van der Waals surface area contributed by atoms with Crippen LogP contribution in [0.5, 0.6) is 0 Å². The maximum Gasteiger partial charge on any atom is 0.412 e. The zero-order chi connectivity index (χ0) is 14.1. The molecule has 0 radical (unpaired) electrons. The number of nitrogens with zero attached hydrogens (tertiary/aromatic N) is 2. The molecule has 2 fully saturated rings. The second-order valence-corrected chi connectivity index (χ2v) is 5.86. The third kappa shape index (κ3) is 1.50. The van der Waals surface area contributed by atoms with Crippen molar-refractivity contribution in [1.82, 2.24) is 9.55 Å². The second kappa shape index (κ2) is 3.48. The predicted molar refractivity (Wildman–Crippen MR) is 69.4 cm³/mol. The fraction of sp³-hybridized carbons (Fsp3) is 0.500. The number of fused-ring (bicyclic) bond motifs is 1. The van der Waals surface area contributed by atoms with Crippen molar-refractivity contribution in [2.24, 2.45) is 0 Å². The SMILES string of the molecule is Nc1ccc2c(c1)nc(C1CC1)n2C1(C(F)(F)F)CC1. The van der Waals surface area contributed by atoms with Gasteiger partial charge in [-0.25, -0.2) is 4.98 Å². The minimum absolute atomic E-state index is 0.145. The average molecular weight is 281 g/mol.